The van der Waals surface area contributed by atoms with Gasteiger partial charge in [-0.3, -0.25) is 4.90 Å². The van der Waals surface area contributed by atoms with Crippen LogP contribution in [0.25, 0.3) is 17.0 Å². The zero-order valence-electron chi connectivity index (χ0n) is 20.7. The number of nitrogens with zero attached hydrogens (tertiary/aromatic N) is 3. The Labute approximate surface area is 209 Å². The molecule has 0 spiro atoms. The van der Waals surface area contributed by atoms with Crippen LogP contribution in [0.4, 0.5) is 9.18 Å². The Kier molecular flexibility index (Phi) is 6.14. The number of benzene rings is 3. The van der Waals surface area contributed by atoms with E-state index in [1.54, 1.807) is 17.0 Å². The van der Waals surface area contributed by atoms with E-state index in [1.165, 1.54) is 12.1 Å². The Balaban J connectivity index is 1.62. The molecule has 0 bridgehead atoms. The van der Waals surface area contributed by atoms with Crippen molar-refractivity contribution in [1.29, 1.82) is 0 Å². The molecule has 1 unspecified atom stereocenters. The highest BCUT2D eigenvalue weighted by molar-refractivity contribution is 5.87. The molecule has 2 amide bonds. The molecule has 0 fully saturated rings. The summed E-state index contributed by atoms with van der Waals surface area (Å²) in [5, 5.41) is 7.27. The Morgan fingerprint density at radius 3 is 2.50 bits per heavy atom. The lowest BCUT2D eigenvalue weighted by atomic mass is 9.92. The third-order valence-corrected chi connectivity index (χ3v) is 6.79. The lowest BCUT2D eigenvalue weighted by molar-refractivity contribution is 0.203. The highest BCUT2D eigenvalue weighted by atomic mass is 19.1. The monoisotopic (exact) mass is 482 g/mol. The molecule has 6 nitrogen and oxygen atoms in total. The van der Waals surface area contributed by atoms with Crippen molar-refractivity contribution >= 4 is 11.6 Å². The summed E-state index contributed by atoms with van der Waals surface area (Å²) in [4.78, 5) is 19.7. The third kappa shape index (κ3) is 4.40. The zero-order chi connectivity index (χ0) is 25.4. The summed E-state index contributed by atoms with van der Waals surface area (Å²) in [6.45, 7) is 8.41. The molecule has 0 radical (unpaired) electrons. The second-order valence-corrected chi connectivity index (χ2v) is 9.17. The molecular weight excluding hydrogens is 455 g/mol. The maximum absolute atomic E-state index is 13.8. The third-order valence-electron chi connectivity index (χ3n) is 6.79. The predicted molar refractivity (Wildman–Crippen MR) is 136 cm³/mol. The van der Waals surface area contributed by atoms with Crippen LogP contribution in [0, 0.1) is 26.6 Å². The first-order chi connectivity index (χ1) is 17.3. The van der Waals surface area contributed by atoms with Gasteiger partial charge in [0.05, 0.1) is 18.2 Å². The van der Waals surface area contributed by atoms with E-state index in [2.05, 4.69) is 21.5 Å². The van der Waals surface area contributed by atoms with Crippen molar-refractivity contribution in [3.63, 3.8) is 0 Å². The molecule has 0 saturated heterocycles. The van der Waals surface area contributed by atoms with E-state index >= 15 is 0 Å². The summed E-state index contributed by atoms with van der Waals surface area (Å²) < 4.78 is 19.5. The molecule has 0 saturated carbocycles. The van der Waals surface area contributed by atoms with Crippen LogP contribution in [0.15, 0.2) is 77.0 Å². The summed E-state index contributed by atoms with van der Waals surface area (Å²) in [5.41, 5.74) is 7.29. The highest BCUT2D eigenvalue weighted by Gasteiger charge is 2.36. The molecule has 182 valence electrons. The van der Waals surface area contributed by atoms with Crippen LogP contribution >= 0.6 is 0 Å². The maximum Gasteiger partial charge on any atom is 0.322 e. The number of carbonyl (C=O) groups excluding carboxylic acids is 1. The fraction of sp³-hybridized carbons (Fsp3) is 0.207. The Bertz CT molecular complexity index is 1490. The SMILES string of the molecule is CC1=C(c2nc(-c3cccc(F)c3)no2)C(c2ccc(C)c(C)c2)NC(=O)N1Cc1ccccc1C. The van der Waals surface area contributed by atoms with Crippen LogP contribution in [0.2, 0.25) is 0 Å². The van der Waals surface area contributed by atoms with Gasteiger partial charge >= 0.3 is 6.03 Å². The quantitative estimate of drug-likeness (QED) is 0.353. The Morgan fingerprint density at radius 1 is 0.944 bits per heavy atom. The van der Waals surface area contributed by atoms with Crippen molar-refractivity contribution in [3.8, 4) is 11.4 Å². The predicted octanol–water partition coefficient (Wildman–Crippen LogP) is 6.50. The van der Waals surface area contributed by atoms with E-state index in [9.17, 15) is 9.18 Å². The standard InChI is InChI=1S/C29H27FN4O2/c1-17-12-13-21(14-19(17)3)26-25(28-32-27(33-36-28)22-10-7-11-24(30)15-22)20(4)34(29(35)31-26)16-23-9-6-5-8-18(23)2/h5-15,26H,16H2,1-4H3,(H,31,35). The number of nitrogens with one attached hydrogen (secondary N) is 1. The van der Waals surface area contributed by atoms with Gasteiger partial charge in [-0.15, -0.1) is 0 Å². The van der Waals surface area contributed by atoms with Crippen molar-refractivity contribution in [2.24, 2.45) is 0 Å². The topological polar surface area (TPSA) is 71.3 Å². The number of allylic oxidation sites excluding steroid dienone is 1. The van der Waals surface area contributed by atoms with Gasteiger partial charge in [0, 0.05) is 11.3 Å². The van der Waals surface area contributed by atoms with Gasteiger partial charge in [-0.05, 0) is 67.6 Å². The first kappa shape index (κ1) is 23.5. The molecular formula is C29H27FN4O2. The van der Waals surface area contributed by atoms with Gasteiger partial charge in [-0.25, -0.2) is 9.18 Å². The molecule has 1 aromatic heterocycles. The van der Waals surface area contributed by atoms with Gasteiger partial charge in [0.2, 0.25) is 5.82 Å². The molecule has 7 heteroatoms. The number of urea groups is 1. The lowest BCUT2D eigenvalue weighted by Gasteiger charge is -2.35. The second kappa shape index (κ2) is 9.41. The summed E-state index contributed by atoms with van der Waals surface area (Å²) in [7, 11) is 0. The normalized spacial score (nSPS) is 15.9. The average Bonchev–Trinajstić information content (AvgIpc) is 3.34. The number of hydrogen-bond acceptors (Lipinski definition) is 4. The molecule has 1 atom stereocenters. The molecule has 3 aromatic carbocycles. The number of aromatic nitrogens is 2. The fourth-order valence-corrected chi connectivity index (χ4v) is 4.48. The Hall–Kier alpha value is -4.26. The molecule has 4 aromatic rings. The van der Waals surface area contributed by atoms with Gasteiger partial charge in [-0.2, -0.15) is 4.98 Å². The highest BCUT2D eigenvalue weighted by Crippen LogP contribution is 2.38. The first-order valence-electron chi connectivity index (χ1n) is 11.8. The minimum Gasteiger partial charge on any atom is -0.334 e. The van der Waals surface area contributed by atoms with Gasteiger partial charge in [0.1, 0.15) is 5.82 Å². The van der Waals surface area contributed by atoms with Crippen molar-refractivity contribution in [1.82, 2.24) is 20.4 Å². The van der Waals surface area contributed by atoms with E-state index in [0.717, 1.165) is 33.5 Å². The average molecular weight is 483 g/mol. The van der Waals surface area contributed by atoms with Gasteiger partial charge < -0.3 is 9.84 Å². The molecule has 1 aliphatic heterocycles. The second-order valence-electron chi connectivity index (χ2n) is 9.17. The van der Waals surface area contributed by atoms with Crippen LogP contribution in [0.5, 0.6) is 0 Å². The molecule has 5 rings (SSSR count). The molecule has 36 heavy (non-hydrogen) atoms. The minimum atomic E-state index is -0.481. The van der Waals surface area contributed by atoms with Gasteiger partial charge in [0.15, 0.2) is 0 Å². The summed E-state index contributed by atoms with van der Waals surface area (Å²) in [6.07, 6.45) is 0. The van der Waals surface area contributed by atoms with Crippen molar-refractivity contribution in [2.45, 2.75) is 40.3 Å². The van der Waals surface area contributed by atoms with Crippen molar-refractivity contribution in [2.75, 3.05) is 0 Å². The molecule has 1 aliphatic rings. The van der Waals surface area contributed by atoms with E-state index in [0.29, 0.717) is 17.7 Å². The van der Waals surface area contributed by atoms with E-state index < -0.39 is 6.04 Å². The first-order valence-corrected chi connectivity index (χ1v) is 11.8. The molecule has 0 aliphatic carbocycles. The van der Waals surface area contributed by atoms with E-state index in [1.807, 2.05) is 64.1 Å². The van der Waals surface area contributed by atoms with Crippen molar-refractivity contribution in [3.05, 3.63) is 112 Å². The number of aryl methyl sites for hydroxylation is 3. The van der Waals surface area contributed by atoms with E-state index in [4.69, 9.17) is 4.52 Å². The fourth-order valence-electron chi connectivity index (χ4n) is 4.48. The van der Waals surface area contributed by atoms with Crippen molar-refractivity contribution < 1.29 is 13.7 Å². The van der Waals surface area contributed by atoms with Gasteiger partial charge in [0.25, 0.3) is 5.89 Å². The molecule has 1 N–H and O–H groups in total. The van der Waals surface area contributed by atoms with Crippen LogP contribution in [0.1, 0.15) is 46.7 Å². The number of hydrogen-bond donors (Lipinski definition) is 1. The van der Waals surface area contributed by atoms with Crippen LogP contribution in [0.3, 0.4) is 0 Å². The summed E-state index contributed by atoms with van der Waals surface area (Å²) in [5.74, 6) is 0.187. The van der Waals surface area contributed by atoms with E-state index in [-0.39, 0.29) is 23.6 Å². The number of amides is 2. The summed E-state index contributed by atoms with van der Waals surface area (Å²) in [6, 6.07) is 19.5. The summed E-state index contributed by atoms with van der Waals surface area (Å²) >= 11 is 0. The van der Waals surface area contributed by atoms with Crippen LogP contribution < -0.4 is 5.32 Å². The van der Waals surface area contributed by atoms with Crippen LogP contribution in [-0.4, -0.2) is 21.1 Å². The number of halogens is 1. The number of carbonyl (C=O) groups is 1. The smallest absolute Gasteiger partial charge is 0.322 e. The van der Waals surface area contributed by atoms with Gasteiger partial charge in [-0.1, -0.05) is 59.8 Å². The van der Waals surface area contributed by atoms with Crippen LogP contribution in [-0.2, 0) is 6.54 Å². The molecule has 2 heterocycles. The maximum atomic E-state index is 13.8. The zero-order valence-corrected chi connectivity index (χ0v) is 20.7. The number of rotatable bonds is 5. The Morgan fingerprint density at radius 2 is 1.75 bits per heavy atom. The lowest BCUT2D eigenvalue weighted by Crippen LogP contribution is -2.45. The minimum absolute atomic E-state index is 0.201. The largest absolute Gasteiger partial charge is 0.334 e.